The lowest BCUT2D eigenvalue weighted by Gasteiger charge is -2.36. The molecule has 0 unspecified atom stereocenters. The number of allylic oxidation sites excluding steroid dienone is 1. The van der Waals surface area contributed by atoms with Crippen LogP contribution < -0.4 is 0 Å². The van der Waals surface area contributed by atoms with Gasteiger partial charge in [0.2, 0.25) is 11.7 Å². The van der Waals surface area contributed by atoms with Gasteiger partial charge < -0.3 is 10.0 Å². The van der Waals surface area contributed by atoms with E-state index in [4.69, 9.17) is 5.11 Å². The zero-order valence-electron chi connectivity index (χ0n) is 15.5. The molecule has 142 valence electrons. The van der Waals surface area contributed by atoms with E-state index in [9.17, 15) is 14.4 Å². The van der Waals surface area contributed by atoms with Gasteiger partial charge in [-0.1, -0.05) is 31.1 Å². The fourth-order valence-corrected chi connectivity index (χ4v) is 2.69. The first-order chi connectivity index (χ1) is 13.0. The molecule has 0 aromatic carbocycles. The number of rotatable bonds is 9. The minimum Gasteiger partial charge on any atom is -0.481 e. The monoisotopic (exact) mass is 368 g/mol. The number of hydrogen-bond acceptors (Lipinski definition) is 4. The SMILES string of the molecule is CCc1cccc(CC(=O)C#C[C@H]2CC(=O)N2CC=CCCCC(=O)O)n1. The molecule has 0 spiro atoms. The largest absolute Gasteiger partial charge is 0.481 e. The molecule has 1 amide bonds. The van der Waals surface area contributed by atoms with Gasteiger partial charge in [0.1, 0.15) is 6.04 Å². The van der Waals surface area contributed by atoms with Crippen molar-refractivity contribution >= 4 is 17.7 Å². The Morgan fingerprint density at radius 2 is 2.11 bits per heavy atom. The molecule has 1 saturated heterocycles. The molecule has 1 aliphatic rings. The van der Waals surface area contributed by atoms with E-state index in [-0.39, 0.29) is 30.6 Å². The van der Waals surface area contributed by atoms with E-state index in [2.05, 4.69) is 16.8 Å². The second-order valence-corrected chi connectivity index (χ2v) is 6.37. The van der Waals surface area contributed by atoms with Crippen LogP contribution in [0.1, 0.15) is 44.0 Å². The zero-order chi connectivity index (χ0) is 19.6. The minimum absolute atomic E-state index is 0.00856. The highest BCUT2D eigenvalue weighted by atomic mass is 16.4. The molecule has 1 fully saturated rings. The Labute approximate surface area is 159 Å². The van der Waals surface area contributed by atoms with Crippen LogP contribution in [0.15, 0.2) is 30.4 Å². The van der Waals surface area contributed by atoms with Gasteiger partial charge in [-0.25, -0.2) is 0 Å². The summed E-state index contributed by atoms with van der Waals surface area (Å²) in [5.74, 6) is 4.51. The van der Waals surface area contributed by atoms with Gasteiger partial charge in [0, 0.05) is 24.4 Å². The molecule has 2 heterocycles. The maximum absolute atomic E-state index is 12.1. The molecular weight excluding hydrogens is 344 g/mol. The fraction of sp³-hybridized carbons (Fsp3) is 0.429. The van der Waals surface area contributed by atoms with Gasteiger partial charge >= 0.3 is 5.97 Å². The number of pyridine rings is 1. The number of hydrogen-bond donors (Lipinski definition) is 1. The maximum Gasteiger partial charge on any atom is 0.303 e. The van der Waals surface area contributed by atoms with Crippen molar-refractivity contribution in [3.8, 4) is 11.8 Å². The number of Topliss-reactive ketones (excluding diaryl/α,β-unsaturated/α-hetero) is 1. The predicted octanol–water partition coefficient (Wildman–Crippen LogP) is 2.17. The van der Waals surface area contributed by atoms with Crippen molar-refractivity contribution < 1.29 is 19.5 Å². The second-order valence-electron chi connectivity index (χ2n) is 6.37. The molecule has 1 aliphatic heterocycles. The van der Waals surface area contributed by atoms with Crippen molar-refractivity contribution in [2.45, 2.75) is 51.5 Å². The quantitative estimate of drug-likeness (QED) is 0.237. The first kappa shape index (κ1) is 20.4. The molecule has 1 atom stereocenters. The number of ketones is 1. The molecule has 6 heteroatoms. The Morgan fingerprint density at radius 3 is 2.81 bits per heavy atom. The average Bonchev–Trinajstić information content (AvgIpc) is 2.64. The minimum atomic E-state index is -0.807. The summed E-state index contributed by atoms with van der Waals surface area (Å²) in [6, 6.07) is 5.39. The third-order valence-electron chi connectivity index (χ3n) is 4.24. The molecule has 0 saturated carbocycles. The first-order valence-corrected chi connectivity index (χ1v) is 9.15. The van der Waals surface area contributed by atoms with Crippen LogP contribution in [-0.4, -0.2) is 45.2 Å². The Morgan fingerprint density at radius 1 is 1.33 bits per heavy atom. The lowest BCUT2D eigenvalue weighted by Crippen LogP contribution is -2.51. The summed E-state index contributed by atoms with van der Waals surface area (Å²) in [4.78, 5) is 40.2. The molecule has 1 N–H and O–H groups in total. The number of carbonyl (C=O) groups excluding carboxylic acids is 2. The van der Waals surface area contributed by atoms with Crippen LogP contribution in [0.3, 0.4) is 0 Å². The van der Waals surface area contributed by atoms with E-state index < -0.39 is 5.97 Å². The van der Waals surface area contributed by atoms with Crippen LogP contribution in [0.25, 0.3) is 0 Å². The van der Waals surface area contributed by atoms with Crippen molar-refractivity contribution in [2.75, 3.05) is 6.54 Å². The lowest BCUT2D eigenvalue weighted by molar-refractivity contribution is -0.142. The van der Waals surface area contributed by atoms with Crippen molar-refractivity contribution in [1.82, 2.24) is 9.88 Å². The van der Waals surface area contributed by atoms with Crippen LogP contribution in [-0.2, 0) is 27.2 Å². The summed E-state index contributed by atoms with van der Waals surface area (Å²) >= 11 is 0. The number of aromatic nitrogens is 1. The van der Waals surface area contributed by atoms with Crippen molar-refractivity contribution in [3.05, 3.63) is 41.7 Å². The number of carbonyl (C=O) groups is 3. The van der Waals surface area contributed by atoms with Gasteiger partial charge in [0.15, 0.2) is 0 Å². The van der Waals surface area contributed by atoms with Crippen LogP contribution in [0.4, 0.5) is 0 Å². The van der Waals surface area contributed by atoms with E-state index >= 15 is 0 Å². The third kappa shape index (κ3) is 6.70. The van der Waals surface area contributed by atoms with E-state index in [1.165, 1.54) is 0 Å². The fourth-order valence-electron chi connectivity index (χ4n) is 2.69. The van der Waals surface area contributed by atoms with Crippen LogP contribution >= 0.6 is 0 Å². The molecule has 1 aromatic heterocycles. The van der Waals surface area contributed by atoms with Gasteiger partial charge in [-0.3, -0.25) is 19.4 Å². The van der Waals surface area contributed by atoms with Crippen molar-refractivity contribution in [1.29, 1.82) is 0 Å². The van der Waals surface area contributed by atoms with Gasteiger partial charge in [0.25, 0.3) is 0 Å². The zero-order valence-corrected chi connectivity index (χ0v) is 15.5. The lowest BCUT2D eigenvalue weighted by atomic mass is 10.0. The molecule has 6 nitrogen and oxygen atoms in total. The molecule has 0 bridgehead atoms. The van der Waals surface area contributed by atoms with Crippen LogP contribution in [0, 0.1) is 11.8 Å². The highest BCUT2D eigenvalue weighted by Gasteiger charge is 2.33. The van der Waals surface area contributed by atoms with Gasteiger partial charge in [-0.05, 0) is 37.3 Å². The van der Waals surface area contributed by atoms with Crippen LogP contribution in [0.5, 0.6) is 0 Å². The highest BCUT2D eigenvalue weighted by Crippen LogP contribution is 2.18. The van der Waals surface area contributed by atoms with Gasteiger partial charge in [-0.2, -0.15) is 0 Å². The second kappa shape index (κ2) is 10.3. The molecule has 0 aliphatic carbocycles. The maximum atomic E-state index is 12.1. The van der Waals surface area contributed by atoms with E-state index in [1.807, 2.05) is 37.3 Å². The molecule has 2 rings (SSSR count). The van der Waals surface area contributed by atoms with Gasteiger partial charge in [0.05, 0.1) is 12.8 Å². The van der Waals surface area contributed by atoms with Crippen molar-refractivity contribution in [3.63, 3.8) is 0 Å². The number of nitrogens with zero attached hydrogens (tertiary/aromatic N) is 2. The Kier molecular flexibility index (Phi) is 7.75. The van der Waals surface area contributed by atoms with Crippen molar-refractivity contribution in [2.24, 2.45) is 0 Å². The normalized spacial score (nSPS) is 16.0. The Bertz CT molecular complexity index is 789. The molecular formula is C21H24N2O4. The molecule has 1 aromatic rings. The number of aliphatic carboxylic acids is 1. The summed E-state index contributed by atoms with van der Waals surface area (Å²) in [5.41, 5.74) is 1.65. The number of aryl methyl sites for hydroxylation is 1. The summed E-state index contributed by atoms with van der Waals surface area (Å²) in [7, 11) is 0. The van der Waals surface area contributed by atoms with E-state index in [0.717, 1.165) is 12.1 Å². The summed E-state index contributed by atoms with van der Waals surface area (Å²) in [6.45, 7) is 2.44. The smallest absolute Gasteiger partial charge is 0.303 e. The number of carboxylic acid groups (broad SMARTS) is 1. The van der Waals surface area contributed by atoms with Crippen LogP contribution in [0.2, 0.25) is 0 Å². The number of unbranched alkanes of at least 4 members (excludes halogenated alkanes) is 1. The first-order valence-electron chi connectivity index (χ1n) is 9.15. The number of likely N-dealkylation sites (tertiary alicyclic amines) is 1. The topological polar surface area (TPSA) is 87.6 Å². The third-order valence-corrected chi connectivity index (χ3v) is 4.24. The molecule has 0 radical (unpaired) electrons. The van der Waals surface area contributed by atoms with E-state index in [1.54, 1.807) is 4.90 Å². The Balaban J connectivity index is 1.80. The number of β-lactam (4-membered cyclic amide) rings is 1. The molecule has 27 heavy (non-hydrogen) atoms. The Hall–Kier alpha value is -2.94. The predicted molar refractivity (Wildman–Crippen MR) is 101 cm³/mol. The van der Waals surface area contributed by atoms with Gasteiger partial charge in [-0.15, -0.1) is 0 Å². The van der Waals surface area contributed by atoms with E-state index in [0.29, 0.717) is 31.5 Å². The summed E-state index contributed by atoms with van der Waals surface area (Å²) < 4.78 is 0. The summed E-state index contributed by atoms with van der Waals surface area (Å²) in [5, 5.41) is 8.57. The average molecular weight is 368 g/mol. The number of amides is 1. The highest BCUT2D eigenvalue weighted by molar-refractivity contribution is 5.97. The summed E-state index contributed by atoms with van der Waals surface area (Å²) in [6.07, 6.45) is 6.40. The standard InChI is InChI=1S/C21H24N2O4/c1-2-16-8-7-9-17(22-16)14-19(24)12-11-18-15-20(25)23(18)13-6-4-3-5-10-21(26)27/h4,6-9,18H,2-3,5,10,13-15H2,1H3,(H,26,27)/t18-/m0/s1. The number of carboxylic acids is 1.